The zero-order valence-electron chi connectivity index (χ0n) is 15.6. The summed E-state index contributed by atoms with van der Waals surface area (Å²) in [6, 6.07) is 6.31. The number of nitrogens with zero attached hydrogens (tertiary/aromatic N) is 1. The molecule has 1 unspecified atom stereocenters. The molecule has 8 heteroatoms. The van der Waals surface area contributed by atoms with Crippen molar-refractivity contribution in [3.8, 4) is 0 Å². The standard InChI is InChI=1S/C20H21F6NO/c1-4-27(13(3)14-6-5-12(2)15(7-14)11-28)18-9-16(19(21,22)23)8-17(10-18)20(24,25)26/h5-10,13,28H,4,11H2,1-3H3. The summed E-state index contributed by atoms with van der Waals surface area (Å²) in [5, 5.41) is 9.43. The second-order valence-corrected chi connectivity index (χ2v) is 6.57. The first kappa shape index (κ1) is 22.1. The highest BCUT2D eigenvalue weighted by molar-refractivity contribution is 5.54. The normalized spacial score (nSPS) is 13.5. The summed E-state index contributed by atoms with van der Waals surface area (Å²) >= 11 is 0. The topological polar surface area (TPSA) is 23.5 Å². The Morgan fingerprint density at radius 2 is 1.46 bits per heavy atom. The van der Waals surface area contributed by atoms with E-state index in [0.29, 0.717) is 11.1 Å². The van der Waals surface area contributed by atoms with Crippen molar-refractivity contribution in [3.05, 3.63) is 64.2 Å². The zero-order chi connectivity index (χ0) is 21.3. The number of halogens is 6. The zero-order valence-corrected chi connectivity index (χ0v) is 15.6. The Labute approximate surface area is 159 Å². The average Bonchev–Trinajstić information content (AvgIpc) is 2.61. The van der Waals surface area contributed by atoms with E-state index in [0.717, 1.165) is 17.7 Å². The second kappa shape index (κ2) is 8.03. The third kappa shape index (κ3) is 4.79. The number of alkyl halides is 6. The predicted molar refractivity (Wildman–Crippen MR) is 95.0 cm³/mol. The summed E-state index contributed by atoms with van der Waals surface area (Å²) in [5.41, 5.74) is -0.669. The molecule has 0 fully saturated rings. The van der Waals surface area contributed by atoms with Crippen molar-refractivity contribution in [2.75, 3.05) is 11.4 Å². The fraction of sp³-hybridized carbons (Fsp3) is 0.400. The van der Waals surface area contributed by atoms with Crippen LogP contribution in [0, 0.1) is 6.92 Å². The summed E-state index contributed by atoms with van der Waals surface area (Å²) in [5.74, 6) is 0. The van der Waals surface area contributed by atoms with Crippen LogP contribution in [0.5, 0.6) is 0 Å². The molecule has 1 N–H and O–H groups in total. The largest absolute Gasteiger partial charge is 0.416 e. The molecular formula is C20H21F6NO. The molecule has 2 nitrogen and oxygen atoms in total. The van der Waals surface area contributed by atoms with E-state index in [1.165, 1.54) is 4.90 Å². The molecular weight excluding hydrogens is 384 g/mol. The van der Waals surface area contributed by atoms with Gasteiger partial charge in [-0.1, -0.05) is 18.2 Å². The Kier molecular flexibility index (Phi) is 6.33. The maximum absolute atomic E-state index is 13.2. The lowest BCUT2D eigenvalue weighted by Crippen LogP contribution is -2.27. The Morgan fingerprint density at radius 1 is 0.929 bits per heavy atom. The number of aryl methyl sites for hydroxylation is 1. The van der Waals surface area contributed by atoms with Gasteiger partial charge in [0, 0.05) is 12.2 Å². The van der Waals surface area contributed by atoms with Crippen LogP contribution in [0.25, 0.3) is 0 Å². The Balaban J connectivity index is 2.56. The molecule has 0 aliphatic carbocycles. The van der Waals surface area contributed by atoms with Crippen molar-refractivity contribution in [3.63, 3.8) is 0 Å². The van der Waals surface area contributed by atoms with Gasteiger partial charge in [0.2, 0.25) is 0 Å². The van der Waals surface area contributed by atoms with E-state index in [1.54, 1.807) is 39.0 Å². The maximum Gasteiger partial charge on any atom is 0.416 e. The monoisotopic (exact) mass is 405 g/mol. The first-order valence-corrected chi connectivity index (χ1v) is 8.64. The van der Waals surface area contributed by atoms with Gasteiger partial charge in [0.1, 0.15) is 0 Å². The Hall–Kier alpha value is -2.22. The van der Waals surface area contributed by atoms with Gasteiger partial charge in [-0.15, -0.1) is 0 Å². The van der Waals surface area contributed by atoms with E-state index in [4.69, 9.17) is 0 Å². The van der Waals surface area contributed by atoms with Gasteiger partial charge in [-0.25, -0.2) is 0 Å². The number of hydrogen-bond donors (Lipinski definition) is 1. The van der Waals surface area contributed by atoms with Crippen LogP contribution < -0.4 is 4.90 Å². The van der Waals surface area contributed by atoms with E-state index in [2.05, 4.69) is 0 Å². The van der Waals surface area contributed by atoms with E-state index < -0.39 is 29.5 Å². The fourth-order valence-electron chi connectivity index (χ4n) is 3.09. The molecule has 1 atom stereocenters. The number of aliphatic hydroxyl groups is 1. The van der Waals surface area contributed by atoms with Gasteiger partial charge >= 0.3 is 12.4 Å². The van der Waals surface area contributed by atoms with Crippen LogP contribution in [-0.2, 0) is 19.0 Å². The highest BCUT2D eigenvalue weighted by atomic mass is 19.4. The van der Waals surface area contributed by atoms with Gasteiger partial charge < -0.3 is 10.0 Å². The van der Waals surface area contributed by atoms with E-state index in [9.17, 15) is 31.4 Å². The molecule has 28 heavy (non-hydrogen) atoms. The number of benzene rings is 2. The Bertz CT molecular complexity index is 796. The molecule has 0 aromatic heterocycles. The van der Waals surface area contributed by atoms with Crippen molar-refractivity contribution < 1.29 is 31.4 Å². The number of rotatable bonds is 5. The van der Waals surface area contributed by atoms with Gasteiger partial charge in [0.25, 0.3) is 0 Å². The fourth-order valence-corrected chi connectivity index (χ4v) is 3.09. The molecule has 0 aliphatic rings. The van der Waals surface area contributed by atoms with Crippen LogP contribution in [0.2, 0.25) is 0 Å². The molecule has 0 bridgehead atoms. The molecule has 0 saturated heterocycles. The van der Waals surface area contributed by atoms with Crippen LogP contribution >= 0.6 is 0 Å². The Morgan fingerprint density at radius 3 is 1.89 bits per heavy atom. The van der Waals surface area contributed by atoms with Crippen molar-refractivity contribution in [1.29, 1.82) is 0 Å². The molecule has 0 heterocycles. The summed E-state index contributed by atoms with van der Waals surface area (Å²) in [4.78, 5) is 1.47. The SMILES string of the molecule is CCN(c1cc(C(F)(F)F)cc(C(F)(F)F)c1)C(C)c1ccc(C)c(CO)c1. The summed E-state index contributed by atoms with van der Waals surface area (Å²) in [7, 11) is 0. The van der Waals surface area contributed by atoms with Crippen molar-refractivity contribution in [1.82, 2.24) is 0 Å². The van der Waals surface area contributed by atoms with Crippen LogP contribution in [-0.4, -0.2) is 11.7 Å². The summed E-state index contributed by atoms with van der Waals surface area (Å²) < 4.78 is 78.9. The molecule has 2 aromatic carbocycles. The molecule has 2 rings (SSSR count). The lowest BCUT2D eigenvalue weighted by Gasteiger charge is -2.32. The summed E-state index contributed by atoms with van der Waals surface area (Å²) in [6.45, 7) is 5.15. The van der Waals surface area contributed by atoms with Crippen molar-refractivity contribution >= 4 is 5.69 Å². The maximum atomic E-state index is 13.2. The lowest BCUT2D eigenvalue weighted by molar-refractivity contribution is -0.143. The quantitative estimate of drug-likeness (QED) is 0.607. The van der Waals surface area contributed by atoms with Crippen molar-refractivity contribution in [2.24, 2.45) is 0 Å². The van der Waals surface area contributed by atoms with E-state index in [1.807, 2.05) is 0 Å². The van der Waals surface area contributed by atoms with Crippen molar-refractivity contribution in [2.45, 2.75) is 45.8 Å². The molecule has 0 aliphatic heterocycles. The highest BCUT2D eigenvalue weighted by Crippen LogP contribution is 2.40. The molecule has 0 radical (unpaired) electrons. The minimum atomic E-state index is -4.90. The minimum absolute atomic E-state index is 0.123. The van der Waals surface area contributed by atoms with E-state index in [-0.39, 0.29) is 24.9 Å². The minimum Gasteiger partial charge on any atom is -0.392 e. The second-order valence-electron chi connectivity index (χ2n) is 6.57. The van der Waals surface area contributed by atoms with E-state index >= 15 is 0 Å². The molecule has 2 aromatic rings. The van der Waals surface area contributed by atoms with Gasteiger partial charge in [0.15, 0.2) is 0 Å². The van der Waals surface area contributed by atoms with Crippen LogP contribution in [0.3, 0.4) is 0 Å². The van der Waals surface area contributed by atoms with Crippen LogP contribution in [0.15, 0.2) is 36.4 Å². The highest BCUT2D eigenvalue weighted by Gasteiger charge is 2.37. The summed E-state index contributed by atoms with van der Waals surface area (Å²) in [6.07, 6.45) is -9.79. The smallest absolute Gasteiger partial charge is 0.392 e. The first-order chi connectivity index (χ1) is 12.9. The van der Waals surface area contributed by atoms with Crippen LogP contribution in [0.4, 0.5) is 32.0 Å². The number of hydrogen-bond acceptors (Lipinski definition) is 2. The third-order valence-electron chi connectivity index (χ3n) is 4.74. The molecule has 0 spiro atoms. The predicted octanol–water partition coefficient (Wildman–Crippen LogP) is 6.11. The number of anilines is 1. The third-order valence-corrected chi connectivity index (χ3v) is 4.74. The van der Waals surface area contributed by atoms with Crippen LogP contribution in [0.1, 0.15) is 47.7 Å². The molecule has 0 amide bonds. The number of aliphatic hydroxyl groups excluding tert-OH is 1. The molecule has 0 saturated carbocycles. The average molecular weight is 405 g/mol. The van der Waals surface area contributed by atoms with Gasteiger partial charge in [-0.3, -0.25) is 0 Å². The van der Waals surface area contributed by atoms with Gasteiger partial charge in [-0.2, -0.15) is 26.3 Å². The van der Waals surface area contributed by atoms with Gasteiger partial charge in [-0.05, 0) is 55.7 Å². The molecule has 154 valence electrons. The lowest BCUT2D eigenvalue weighted by atomic mass is 9.99. The first-order valence-electron chi connectivity index (χ1n) is 8.64. The van der Waals surface area contributed by atoms with Gasteiger partial charge in [0.05, 0.1) is 23.8 Å².